The fraction of sp³-hybridized carbons (Fsp3) is 0.360. The molecule has 0 saturated carbocycles. The Kier molecular flexibility index (Phi) is 7.00. The molecule has 166 valence electrons. The van der Waals surface area contributed by atoms with Crippen molar-refractivity contribution >= 4 is 29.1 Å². The molecule has 6 nitrogen and oxygen atoms in total. The number of nitrogens with one attached hydrogen (secondary N) is 1. The van der Waals surface area contributed by atoms with Crippen LogP contribution in [0.5, 0.6) is 0 Å². The van der Waals surface area contributed by atoms with E-state index in [0.29, 0.717) is 23.2 Å². The highest BCUT2D eigenvalue weighted by atomic mass is 35.5. The molecule has 1 aliphatic rings. The Balaban J connectivity index is 1.34. The van der Waals surface area contributed by atoms with Crippen LogP contribution < -0.4 is 5.32 Å². The normalized spacial score (nSPS) is 15.4. The van der Waals surface area contributed by atoms with Crippen LogP contribution in [0, 0.1) is 12.8 Å². The second-order valence-electron chi connectivity index (χ2n) is 8.46. The molecule has 1 amide bonds. The van der Waals surface area contributed by atoms with Crippen LogP contribution in [0.3, 0.4) is 0 Å². The number of likely N-dealkylation sites (tertiary alicyclic amines) is 1. The third-order valence-corrected chi connectivity index (χ3v) is 6.22. The molecule has 0 aliphatic carbocycles. The van der Waals surface area contributed by atoms with Crippen molar-refractivity contribution < 1.29 is 4.79 Å². The summed E-state index contributed by atoms with van der Waals surface area (Å²) < 4.78 is 0. The van der Waals surface area contributed by atoms with Gasteiger partial charge in [-0.3, -0.25) is 9.78 Å². The van der Waals surface area contributed by atoms with Crippen LogP contribution in [-0.4, -0.2) is 38.8 Å². The number of hydrogen-bond donors (Lipinski definition) is 1. The van der Waals surface area contributed by atoms with E-state index < -0.39 is 0 Å². The largest absolute Gasteiger partial charge is 0.342 e. The number of aryl methyl sites for hydroxylation is 1. The topological polar surface area (TPSA) is 71.0 Å². The number of hydrogen-bond acceptors (Lipinski definition) is 5. The predicted molar refractivity (Wildman–Crippen MR) is 127 cm³/mol. The van der Waals surface area contributed by atoms with E-state index in [1.54, 1.807) is 12.4 Å². The van der Waals surface area contributed by atoms with Crippen molar-refractivity contribution in [2.45, 2.75) is 39.0 Å². The number of piperidine rings is 1. The van der Waals surface area contributed by atoms with Gasteiger partial charge in [-0.25, -0.2) is 9.97 Å². The first kappa shape index (κ1) is 22.2. The van der Waals surface area contributed by atoms with E-state index in [2.05, 4.69) is 15.3 Å². The molecule has 3 aromatic rings. The highest BCUT2D eigenvalue weighted by Crippen LogP contribution is 2.28. The molecule has 7 heteroatoms. The van der Waals surface area contributed by atoms with Crippen LogP contribution in [0.1, 0.15) is 42.5 Å². The lowest BCUT2D eigenvalue weighted by atomic mass is 9.92. The third-order valence-electron chi connectivity index (χ3n) is 5.99. The van der Waals surface area contributed by atoms with E-state index >= 15 is 0 Å². The minimum atomic E-state index is -0.0704. The standard InChI is InChI=1S/C25H28ClN5O/c1-17-5-4-10-28-24(17)30-23-16-27-15-22(29-23)20-8-11-31(12-9-20)25(32)18(2)13-19-6-3-7-21(26)14-19/h3-7,10,14-16,18,20H,8-9,11-13H2,1-2H3,(H,28,29,30)/t18-/m0/s1. The molecule has 0 radical (unpaired) electrons. The predicted octanol–water partition coefficient (Wildman–Crippen LogP) is 5.16. The number of halogens is 1. The minimum absolute atomic E-state index is 0.0704. The molecule has 1 saturated heterocycles. The van der Waals surface area contributed by atoms with Crippen LogP contribution in [0.2, 0.25) is 5.02 Å². The summed E-state index contributed by atoms with van der Waals surface area (Å²) in [6.45, 7) is 5.48. The maximum atomic E-state index is 13.0. The zero-order chi connectivity index (χ0) is 22.5. The molecular weight excluding hydrogens is 422 g/mol. The molecule has 4 rings (SSSR count). The van der Waals surface area contributed by atoms with Crippen molar-refractivity contribution in [1.82, 2.24) is 19.9 Å². The third kappa shape index (κ3) is 5.43. The zero-order valence-electron chi connectivity index (χ0n) is 18.5. The summed E-state index contributed by atoms with van der Waals surface area (Å²) in [5.74, 6) is 1.90. The fourth-order valence-electron chi connectivity index (χ4n) is 4.19. The van der Waals surface area contributed by atoms with E-state index in [1.807, 2.05) is 61.3 Å². The van der Waals surface area contributed by atoms with Gasteiger partial charge in [0.15, 0.2) is 0 Å². The van der Waals surface area contributed by atoms with Crippen LogP contribution in [0.4, 0.5) is 11.6 Å². The summed E-state index contributed by atoms with van der Waals surface area (Å²) in [7, 11) is 0. The highest BCUT2D eigenvalue weighted by Gasteiger charge is 2.27. The SMILES string of the molecule is Cc1cccnc1Nc1cncc(C2CCN(C(=O)[C@@H](C)Cc3cccc(Cl)c3)CC2)n1. The van der Waals surface area contributed by atoms with Crippen LogP contribution >= 0.6 is 11.6 Å². The average molecular weight is 450 g/mol. The van der Waals surface area contributed by atoms with Gasteiger partial charge in [0.2, 0.25) is 5.91 Å². The van der Waals surface area contributed by atoms with E-state index in [4.69, 9.17) is 16.6 Å². The van der Waals surface area contributed by atoms with Gasteiger partial charge in [0.1, 0.15) is 11.6 Å². The summed E-state index contributed by atoms with van der Waals surface area (Å²) in [5, 5.41) is 3.97. The molecule has 1 N–H and O–H groups in total. The number of carbonyl (C=O) groups is 1. The fourth-order valence-corrected chi connectivity index (χ4v) is 4.40. The molecule has 3 heterocycles. The molecular formula is C25H28ClN5O. The second-order valence-corrected chi connectivity index (χ2v) is 8.89. The average Bonchev–Trinajstić information content (AvgIpc) is 2.80. The number of amides is 1. The van der Waals surface area contributed by atoms with Crippen LogP contribution in [-0.2, 0) is 11.2 Å². The first-order valence-electron chi connectivity index (χ1n) is 11.0. The molecule has 1 aromatic carbocycles. The van der Waals surface area contributed by atoms with Crippen molar-refractivity contribution in [3.63, 3.8) is 0 Å². The number of nitrogens with zero attached hydrogens (tertiary/aromatic N) is 4. The Morgan fingerprint density at radius 2 is 2.03 bits per heavy atom. The van der Waals surface area contributed by atoms with Crippen LogP contribution in [0.25, 0.3) is 0 Å². The maximum Gasteiger partial charge on any atom is 0.225 e. The van der Waals surface area contributed by atoms with Gasteiger partial charge in [0.25, 0.3) is 0 Å². The van der Waals surface area contributed by atoms with E-state index in [-0.39, 0.29) is 11.8 Å². The van der Waals surface area contributed by atoms with E-state index in [0.717, 1.165) is 48.6 Å². The van der Waals surface area contributed by atoms with Gasteiger partial charge in [-0.2, -0.15) is 0 Å². The number of aromatic nitrogens is 3. The highest BCUT2D eigenvalue weighted by molar-refractivity contribution is 6.30. The quantitative estimate of drug-likeness (QED) is 0.562. The van der Waals surface area contributed by atoms with Gasteiger partial charge in [0, 0.05) is 42.3 Å². The summed E-state index contributed by atoms with van der Waals surface area (Å²) >= 11 is 6.08. The molecule has 0 unspecified atom stereocenters. The van der Waals surface area contributed by atoms with Crippen molar-refractivity contribution in [1.29, 1.82) is 0 Å². The van der Waals surface area contributed by atoms with Gasteiger partial charge >= 0.3 is 0 Å². The number of anilines is 2. The number of carbonyl (C=O) groups excluding carboxylic acids is 1. The van der Waals surface area contributed by atoms with Crippen molar-refractivity contribution in [3.8, 4) is 0 Å². The number of rotatable bonds is 6. The molecule has 1 fully saturated rings. The number of pyridine rings is 1. The van der Waals surface area contributed by atoms with Gasteiger partial charge < -0.3 is 10.2 Å². The number of benzene rings is 1. The first-order chi connectivity index (χ1) is 15.5. The minimum Gasteiger partial charge on any atom is -0.342 e. The van der Waals surface area contributed by atoms with E-state index in [1.165, 1.54) is 0 Å². The van der Waals surface area contributed by atoms with Gasteiger partial charge in [-0.05, 0) is 55.5 Å². The van der Waals surface area contributed by atoms with Crippen LogP contribution in [0.15, 0.2) is 55.0 Å². The van der Waals surface area contributed by atoms with Gasteiger partial charge in [0.05, 0.1) is 11.9 Å². The summed E-state index contributed by atoms with van der Waals surface area (Å²) in [6.07, 6.45) is 7.78. The Hall–Kier alpha value is -2.99. The molecule has 0 spiro atoms. The molecule has 1 aliphatic heterocycles. The molecule has 2 aromatic heterocycles. The smallest absolute Gasteiger partial charge is 0.225 e. The summed E-state index contributed by atoms with van der Waals surface area (Å²) in [4.78, 5) is 28.5. The lowest BCUT2D eigenvalue weighted by molar-refractivity contribution is -0.136. The summed E-state index contributed by atoms with van der Waals surface area (Å²) in [5.41, 5.74) is 3.11. The lowest BCUT2D eigenvalue weighted by Crippen LogP contribution is -2.41. The second kappa shape index (κ2) is 10.1. The summed E-state index contributed by atoms with van der Waals surface area (Å²) in [6, 6.07) is 11.7. The Morgan fingerprint density at radius 1 is 1.22 bits per heavy atom. The Labute approximate surface area is 194 Å². The maximum absolute atomic E-state index is 13.0. The monoisotopic (exact) mass is 449 g/mol. The first-order valence-corrected chi connectivity index (χ1v) is 11.4. The molecule has 32 heavy (non-hydrogen) atoms. The van der Waals surface area contributed by atoms with E-state index in [9.17, 15) is 4.79 Å². The molecule has 1 atom stereocenters. The zero-order valence-corrected chi connectivity index (χ0v) is 19.2. The molecule has 0 bridgehead atoms. The lowest BCUT2D eigenvalue weighted by Gasteiger charge is -2.33. The van der Waals surface area contributed by atoms with Gasteiger partial charge in [-0.1, -0.05) is 36.7 Å². The van der Waals surface area contributed by atoms with Crippen molar-refractivity contribution in [3.05, 3.63) is 76.8 Å². The Morgan fingerprint density at radius 3 is 2.78 bits per heavy atom. The van der Waals surface area contributed by atoms with Gasteiger partial charge in [-0.15, -0.1) is 0 Å². The van der Waals surface area contributed by atoms with Crippen molar-refractivity contribution in [2.75, 3.05) is 18.4 Å². The Bertz CT molecular complexity index is 1080. The van der Waals surface area contributed by atoms with Crippen molar-refractivity contribution in [2.24, 2.45) is 5.92 Å².